The molecule has 0 fully saturated rings. The molecule has 1 rings (SSSR count). The number of halogens is 3. The fourth-order valence-electron chi connectivity index (χ4n) is 0.839. The molecule has 0 aliphatic heterocycles. The van der Waals surface area contributed by atoms with Crippen molar-refractivity contribution in [2.45, 2.75) is 6.18 Å². The smallest absolute Gasteiger partial charge is 0.437 e. The third-order valence-electron chi connectivity index (χ3n) is 1.35. The lowest BCUT2D eigenvalue weighted by Crippen LogP contribution is -2.11. The molecular weight excluding hydrogens is 195 g/mol. The molecule has 1 aromatic rings. The Hall–Kier alpha value is -1.70. The number of hydrogen-bond acceptors (Lipinski definition) is 2. The van der Waals surface area contributed by atoms with E-state index in [4.69, 9.17) is 11.2 Å². The molecule has 0 bridgehead atoms. The minimum atomic E-state index is -4.52. The van der Waals surface area contributed by atoms with E-state index in [1.165, 1.54) is 12.1 Å². The van der Waals surface area contributed by atoms with Crippen molar-refractivity contribution < 1.29 is 17.9 Å². The van der Waals surface area contributed by atoms with Crippen molar-refractivity contribution in [1.29, 1.82) is 0 Å². The fourth-order valence-corrected chi connectivity index (χ4v) is 0.839. The first-order valence-corrected chi connectivity index (χ1v) is 3.64. The van der Waals surface area contributed by atoms with Crippen LogP contribution in [0.1, 0.15) is 5.69 Å². The second kappa shape index (κ2) is 4.01. The molecule has 0 atom stereocenters. The third-order valence-corrected chi connectivity index (χ3v) is 1.35. The van der Waals surface area contributed by atoms with Crippen LogP contribution in [0.25, 0.3) is 0 Å². The van der Waals surface area contributed by atoms with E-state index in [1.54, 1.807) is 0 Å². The maximum absolute atomic E-state index is 12.3. The number of terminal acetylenes is 1. The number of alkyl halides is 3. The van der Waals surface area contributed by atoms with Crippen molar-refractivity contribution in [3.63, 3.8) is 0 Å². The topological polar surface area (TPSA) is 22.1 Å². The molecule has 0 spiro atoms. The first-order valence-electron chi connectivity index (χ1n) is 3.64. The Morgan fingerprint density at radius 1 is 1.50 bits per heavy atom. The van der Waals surface area contributed by atoms with Gasteiger partial charge in [-0.2, -0.15) is 13.2 Å². The molecule has 0 N–H and O–H groups in total. The van der Waals surface area contributed by atoms with Crippen molar-refractivity contribution in [2.24, 2.45) is 0 Å². The minimum Gasteiger partial charge on any atom is -0.479 e. The van der Waals surface area contributed by atoms with E-state index in [-0.39, 0.29) is 12.4 Å². The van der Waals surface area contributed by atoms with Gasteiger partial charge in [-0.1, -0.05) is 5.92 Å². The molecule has 0 aliphatic carbocycles. The summed E-state index contributed by atoms with van der Waals surface area (Å²) >= 11 is 0. The summed E-state index contributed by atoms with van der Waals surface area (Å²) < 4.78 is 41.5. The van der Waals surface area contributed by atoms with Crippen molar-refractivity contribution in [1.82, 2.24) is 4.98 Å². The molecule has 0 aromatic carbocycles. The normalized spacial score (nSPS) is 10.7. The van der Waals surface area contributed by atoms with E-state index in [0.717, 1.165) is 6.20 Å². The molecule has 14 heavy (non-hydrogen) atoms. The number of rotatable bonds is 2. The number of pyridine rings is 1. The lowest BCUT2D eigenvalue weighted by molar-refractivity contribution is -0.142. The highest BCUT2D eigenvalue weighted by Gasteiger charge is 2.36. The summed E-state index contributed by atoms with van der Waals surface area (Å²) in [6, 6.07) is 2.52. The van der Waals surface area contributed by atoms with Gasteiger partial charge in [0.2, 0.25) is 0 Å². The van der Waals surface area contributed by atoms with Crippen LogP contribution in [0.5, 0.6) is 5.75 Å². The van der Waals surface area contributed by atoms with Crippen LogP contribution in [-0.2, 0) is 6.18 Å². The molecule has 0 unspecified atom stereocenters. The van der Waals surface area contributed by atoms with Crippen LogP contribution in [0.2, 0.25) is 0 Å². The molecule has 0 saturated heterocycles. The Kier molecular flexibility index (Phi) is 2.97. The predicted octanol–water partition coefficient (Wildman–Crippen LogP) is 2.11. The molecule has 0 amide bonds. The van der Waals surface area contributed by atoms with Gasteiger partial charge in [-0.05, 0) is 12.1 Å². The van der Waals surface area contributed by atoms with Gasteiger partial charge in [0, 0.05) is 6.20 Å². The SMILES string of the molecule is C#CCOc1cccnc1C(F)(F)F. The van der Waals surface area contributed by atoms with Gasteiger partial charge >= 0.3 is 6.18 Å². The van der Waals surface area contributed by atoms with Crippen molar-refractivity contribution >= 4 is 0 Å². The van der Waals surface area contributed by atoms with Crippen molar-refractivity contribution in [2.75, 3.05) is 6.61 Å². The Morgan fingerprint density at radius 2 is 2.21 bits per heavy atom. The molecule has 1 heterocycles. The maximum atomic E-state index is 12.3. The van der Waals surface area contributed by atoms with E-state index in [2.05, 4.69) is 10.9 Å². The van der Waals surface area contributed by atoms with Gasteiger partial charge in [0.05, 0.1) is 0 Å². The van der Waals surface area contributed by atoms with Crippen LogP contribution in [-0.4, -0.2) is 11.6 Å². The minimum absolute atomic E-state index is 0.214. The highest BCUT2D eigenvalue weighted by molar-refractivity contribution is 5.29. The Labute approximate surface area is 78.7 Å². The zero-order valence-corrected chi connectivity index (χ0v) is 7.01. The zero-order chi connectivity index (χ0) is 10.6. The van der Waals surface area contributed by atoms with E-state index in [1.807, 2.05) is 0 Å². The summed E-state index contributed by atoms with van der Waals surface area (Å²) in [6.45, 7) is -0.214. The van der Waals surface area contributed by atoms with Gasteiger partial charge in [-0.3, -0.25) is 0 Å². The standard InChI is InChI=1S/C9H6F3NO/c1-2-6-14-7-4-3-5-13-8(7)9(10,11)12/h1,3-5H,6H2. The molecule has 0 radical (unpaired) electrons. The monoisotopic (exact) mass is 201 g/mol. The maximum Gasteiger partial charge on any atom is 0.437 e. The van der Waals surface area contributed by atoms with Crippen LogP contribution in [0, 0.1) is 12.3 Å². The van der Waals surface area contributed by atoms with Gasteiger partial charge in [0.15, 0.2) is 11.4 Å². The van der Waals surface area contributed by atoms with Crippen LogP contribution in [0.4, 0.5) is 13.2 Å². The van der Waals surface area contributed by atoms with Crippen LogP contribution >= 0.6 is 0 Å². The number of hydrogen-bond donors (Lipinski definition) is 0. The Balaban J connectivity index is 2.99. The van der Waals surface area contributed by atoms with E-state index >= 15 is 0 Å². The van der Waals surface area contributed by atoms with Crippen LogP contribution in [0.3, 0.4) is 0 Å². The second-order valence-electron chi connectivity index (χ2n) is 2.34. The highest BCUT2D eigenvalue weighted by Crippen LogP contribution is 2.33. The van der Waals surface area contributed by atoms with Crippen LogP contribution < -0.4 is 4.74 Å². The average molecular weight is 201 g/mol. The van der Waals surface area contributed by atoms with E-state index < -0.39 is 11.9 Å². The second-order valence-corrected chi connectivity index (χ2v) is 2.34. The molecule has 5 heteroatoms. The first-order chi connectivity index (χ1) is 6.55. The number of aromatic nitrogens is 1. The summed E-state index contributed by atoms with van der Waals surface area (Å²) in [5.41, 5.74) is -1.06. The first kappa shape index (κ1) is 10.4. The lowest BCUT2D eigenvalue weighted by atomic mass is 10.3. The fraction of sp³-hybridized carbons (Fsp3) is 0.222. The molecule has 1 aromatic heterocycles. The average Bonchev–Trinajstić information content (AvgIpc) is 2.14. The van der Waals surface area contributed by atoms with Gasteiger partial charge in [-0.25, -0.2) is 4.98 Å². The van der Waals surface area contributed by atoms with Crippen molar-refractivity contribution in [3.05, 3.63) is 24.0 Å². The Bertz CT molecular complexity index is 354. The quantitative estimate of drug-likeness (QED) is 0.683. The van der Waals surface area contributed by atoms with Gasteiger partial charge in [0.1, 0.15) is 6.61 Å². The largest absolute Gasteiger partial charge is 0.479 e. The summed E-state index contributed by atoms with van der Waals surface area (Å²) in [4.78, 5) is 3.18. The molecule has 0 saturated carbocycles. The summed E-state index contributed by atoms with van der Waals surface area (Å²) in [7, 11) is 0. The number of nitrogens with zero attached hydrogens (tertiary/aromatic N) is 1. The van der Waals surface area contributed by atoms with Gasteiger partial charge in [0.25, 0.3) is 0 Å². The summed E-state index contributed by atoms with van der Waals surface area (Å²) in [5, 5.41) is 0. The van der Waals surface area contributed by atoms with Gasteiger partial charge < -0.3 is 4.74 Å². The molecule has 74 valence electrons. The van der Waals surface area contributed by atoms with Gasteiger partial charge in [-0.15, -0.1) is 6.42 Å². The van der Waals surface area contributed by atoms with E-state index in [0.29, 0.717) is 0 Å². The Morgan fingerprint density at radius 3 is 2.79 bits per heavy atom. The molecular formula is C9H6F3NO. The molecule has 2 nitrogen and oxygen atoms in total. The third kappa shape index (κ3) is 2.39. The zero-order valence-electron chi connectivity index (χ0n) is 7.01. The molecule has 0 aliphatic rings. The van der Waals surface area contributed by atoms with Crippen LogP contribution in [0.15, 0.2) is 18.3 Å². The predicted molar refractivity (Wildman–Crippen MR) is 43.6 cm³/mol. The van der Waals surface area contributed by atoms with E-state index in [9.17, 15) is 13.2 Å². The number of ether oxygens (including phenoxy) is 1. The summed E-state index contributed by atoms with van der Waals surface area (Å²) in [5.74, 6) is 1.73. The summed E-state index contributed by atoms with van der Waals surface area (Å²) in [6.07, 6.45) is 1.38. The highest BCUT2D eigenvalue weighted by atomic mass is 19.4. The lowest BCUT2D eigenvalue weighted by Gasteiger charge is -2.10. The van der Waals surface area contributed by atoms with Crippen molar-refractivity contribution in [3.8, 4) is 18.1 Å².